The standard InChI is InChI=1S/C14H28O5/c1-2-3-4-5-6-7-8-18-12(9-15)14-13(17)11(16)10-19-14/h11-17H,2-10H2,1H3/t11-,12+,13-,14-/m0/s1. The van der Waals surface area contributed by atoms with E-state index >= 15 is 0 Å². The lowest BCUT2D eigenvalue weighted by Gasteiger charge is -2.24. The zero-order valence-corrected chi connectivity index (χ0v) is 11.8. The molecular weight excluding hydrogens is 248 g/mol. The molecule has 0 aromatic rings. The van der Waals surface area contributed by atoms with Crippen molar-refractivity contribution in [2.75, 3.05) is 19.8 Å². The molecule has 1 aliphatic rings. The van der Waals surface area contributed by atoms with Gasteiger partial charge in [0.15, 0.2) is 0 Å². The van der Waals surface area contributed by atoms with Crippen molar-refractivity contribution >= 4 is 0 Å². The molecule has 5 nitrogen and oxygen atoms in total. The van der Waals surface area contributed by atoms with Crippen molar-refractivity contribution in [1.29, 1.82) is 0 Å². The Morgan fingerprint density at radius 1 is 1.16 bits per heavy atom. The fourth-order valence-corrected chi connectivity index (χ4v) is 2.32. The highest BCUT2D eigenvalue weighted by Gasteiger charge is 2.40. The van der Waals surface area contributed by atoms with Crippen molar-refractivity contribution < 1.29 is 24.8 Å². The molecule has 4 atom stereocenters. The maximum absolute atomic E-state index is 9.69. The summed E-state index contributed by atoms with van der Waals surface area (Å²) in [5, 5.41) is 28.4. The molecule has 0 spiro atoms. The number of aliphatic hydroxyl groups excluding tert-OH is 3. The molecule has 19 heavy (non-hydrogen) atoms. The second-order valence-electron chi connectivity index (χ2n) is 5.22. The van der Waals surface area contributed by atoms with E-state index in [1.165, 1.54) is 25.7 Å². The van der Waals surface area contributed by atoms with Crippen LogP contribution in [0.2, 0.25) is 0 Å². The number of aliphatic hydroxyl groups is 3. The summed E-state index contributed by atoms with van der Waals surface area (Å²) >= 11 is 0. The summed E-state index contributed by atoms with van der Waals surface area (Å²) in [7, 11) is 0. The van der Waals surface area contributed by atoms with E-state index in [1.807, 2.05) is 0 Å². The molecule has 0 saturated carbocycles. The van der Waals surface area contributed by atoms with Gasteiger partial charge in [-0.05, 0) is 6.42 Å². The second-order valence-corrected chi connectivity index (χ2v) is 5.22. The SMILES string of the molecule is CCCCCCCCO[C@H](CO)[C@@H]1OC[C@H](O)[C@@H]1O. The van der Waals surface area contributed by atoms with Crippen LogP contribution in [0.4, 0.5) is 0 Å². The quantitative estimate of drug-likeness (QED) is 0.515. The Balaban J connectivity index is 2.12. The van der Waals surface area contributed by atoms with Gasteiger partial charge < -0.3 is 24.8 Å². The molecule has 1 rings (SSSR count). The molecule has 114 valence electrons. The highest BCUT2D eigenvalue weighted by Crippen LogP contribution is 2.19. The molecule has 0 radical (unpaired) electrons. The van der Waals surface area contributed by atoms with Gasteiger partial charge in [-0.3, -0.25) is 0 Å². The molecule has 1 saturated heterocycles. The molecule has 0 bridgehead atoms. The van der Waals surface area contributed by atoms with Gasteiger partial charge in [0.2, 0.25) is 0 Å². The third-order valence-corrected chi connectivity index (χ3v) is 3.57. The predicted molar refractivity (Wildman–Crippen MR) is 72.0 cm³/mol. The van der Waals surface area contributed by atoms with Gasteiger partial charge in [0, 0.05) is 6.61 Å². The number of hydrogen-bond donors (Lipinski definition) is 3. The molecule has 0 aromatic heterocycles. The number of unbranched alkanes of at least 4 members (excludes halogenated alkanes) is 5. The Kier molecular flexibility index (Phi) is 8.57. The monoisotopic (exact) mass is 276 g/mol. The summed E-state index contributed by atoms with van der Waals surface area (Å²) in [5.74, 6) is 0. The summed E-state index contributed by atoms with van der Waals surface area (Å²) < 4.78 is 10.8. The Morgan fingerprint density at radius 2 is 1.84 bits per heavy atom. The first-order chi connectivity index (χ1) is 9.20. The maximum atomic E-state index is 9.69. The summed E-state index contributed by atoms with van der Waals surface area (Å²) in [4.78, 5) is 0. The van der Waals surface area contributed by atoms with Crippen LogP contribution in [0, 0.1) is 0 Å². The Hall–Kier alpha value is -0.200. The van der Waals surface area contributed by atoms with Crippen LogP contribution >= 0.6 is 0 Å². The minimum atomic E-state index is -0.971. The molecule has 1 fully saturated rings. The number of rotatable bonds is 10. The average Bonchev–Trinajstić information content (AvgIpc) is 2.74. The highest BCUT2D eigenvalue weighted by molar-refractivity contribution is 4.88. The first-order valence-corrected chi connectivity index (χ1v) is 7.40. The minimum absolute atomic E-state index is 0.0999. The average molecular weight is 276 g/mol. The normalized spacial score (nSPS) is 28.7. The van der Waals surface area contributed by atoms with Gasteiger partial charge in [0.25, 0.3) is 0 Å². The largest absolute Gasteiger partial charge is 0.394 e. The van der Waals surface area contributed by atoms with Crippen molar-refractivity contribution in [1.82, 2.24) is 0 Å². The summed E-state index contributed by atoms with van der Waals surface area (Å²) in [6.45, 7) is 2.64. The topological polar surface area (TPSA) is 79.2 Å². The molecule has 0 aliphatic carbocycles. The molecule has 3 N–H and O–H groups in total. The molecule has 1 aliphatic heterocycles. The van der Waals surface area contributed by atoms with Gasteiger partial charge in [-0.1, -0.05) is 39.0 Å². The number of ether oxygens (including phenoxy) is 2. The van der Waals surface area contributed by atoms with Crippen LogP contribution in [0.3, 0.4) is 0 Å². The minimum Gasteiger partial charge on any atom is -0.394 e. The van der Waals surface area contributed by atoms with E-state index in [0.29, 0.717) is 6.61 Å². The summed E-state index contributed by atoms with van der Waals surface area (Å²) in [6.07, 6.45) is 4.03. The van der Waals surface area contributed by atoms with Crippen molar-refractivity contribution in [3.63, 3.8) is 0 Å². The van der Waals surface area contributed by atoms with E-state index in [4.69, 9.17) is 9.47 Å². The van der Waals surface area contributed by atoms with Gasteiger partial charge in [0.1, 0.15) is 24.4 Å². The lowest BCUT2D eigenvalue weighted by atomic mass is 10.1. The third kappa shape index (κ3) is 5.75. The zero-order chi connectivity index (χ0) is 14.1. The lowest BCUT2D eigenvalue weighted by molar-refractivity contribution is -0.101. The van der Waals surface area contributed by atoms with E-state index in [2.05, 4.69) is 6.92 Å². The summed E-state index contributed by atoms with van der Waals surface area (Å²) in [6, 6.07) is 0. The van der Waals surface area contributed by atoms with Gasteiger partial charge >= 0.3 is 0 Å². The fourth-order valence-electron chi connectivity index (χ4n) is 2.32. The fraction of sp³-hybridized carbons (Fsp3) is 1.00. The Morgan fingerprint density at radius 3 is 2.42 bits per heavy atom. The first-order valence-electron chi connectivity index (χ1n) is 7.40. The van der Waals surface area contributed by atoms with Crippen molar-refractivity contribution in [3.8, 4) is 0 Å². The van der Waals surface area contributed by atoms with Crippen LogP contribution in [-0.4, -0.2) is 59.6 Å². The van der Waals surface area contributed by atoms with Crippen LogP contribution in [0.25, 0.3) is 0 Å². The smallest absolute Gasteiger partial charge is 0.114 e. The Labute approximate surface area is 115 Å². The predicted octanol–water partition coefficient (Wildman–Crippen LogP) is 0.845. The van der Waals surface area contributed by atoms with Crippen LogP contribution in [-0.2, 0) is 9.47 Å². The van der Waals surface area contributed by atoms with Crippen molar-refractivity contribution in [2.24, 2.45) is 0 Å². The molecule has 0 aromatic carbocycles. The van der Waals surface area contributed by atoms with Crippen LogP contribution in [0.15, 0.2) is 0 Å². The lowest BCUT2D eigenvalue weighted by Crippen LogP contribution is -2.42. The van der Waals surface area contributed by atoms with Crippen LogP contribution in [0.1, 0.15) is 45.4 Å². The van der Waals surface area contributed by atoms with E-state index < -0.39 is 24.4 Å². The van der Waals surface area contributed by atoms with Gasteiger partial charge in [-0.15, -0.1) is 0 Å². The Bertz CT molecular complexity index is 224. The van der Waals surface area contributed by atoms with E-state index in [1.54, 1.807) is 0 Å². The molecule has 0 unspecified atom stereocenters. The highest BCUT2D eigenvalue weighted by atomic mass is 16.6. The van der Waals surface area contributed by atoms with Gasteiger partial charge in [-0.2, -0.15) is 0 Å². The number of hydrogen-bond acceptors (Lipinski definition) is 5. The van der Waals surface area contributed by atoms with Crippen molar-refractivity contribution in [2.45, 2.75) is 69.9 Å². The van der Waals surface area contributed by atoms with Crippen LogP contribution in [0.5, 0.6) is 0 Å². The van der Waals surface area contributed by atoms with E-state index in [0.717, 1.165) is 12.8 Å². The molecular formula is C14H28O5. The third-order valence-electron chi connectivity index (χ3n) is 3.57. The van der Waals surface area contributed by atoms with E-state index in [-0.39, 0.29) is 13.2 Å². The molecule has 0 amide bonds. The van der Waals surface area contributed by atoms with Crippen molar-refractivity contribution in [3.05, 3.63) is 0 Å². The van der Waals surface area contributed by atoms with Crippen LogP contribution < -0.4 is 0 Å². The maximum Gasteiger partial charge on any atom is 0.114 e. The van der Waals surface area contributed by atoms with Gasteiger partial charge in [0.05, 0.1) is 13.2 Å². The zero-order valence-electron chi connectivity index (χ0n) is 11.8. The van der Waals surface area contributed by atoms with E-state index in [9.17, 15) is 15.3 Å². The summed E-state index contributed by atoms with van der Waals surface area (Å²) in [5.41, 5.74) is 0. The second kappa shape index (κ2) is 9.66. The first kappa shape index (κ1) is 16.9. The molecule has 1 heterocycles. The molecule has 5 heteroatoms. The van der Waals surface area contributed by atoms with Gasteiger partial charge in [-0.25, -0.2) is 0 Å².